The molecule has 0 nitrogen and oxygen atoms in total. The van der Waals surface area contributed by atoms with Crippen LogP contribution in [-0.4, -0.2) is 31.8 Å². The van der Waals surface area contributed by atoms with Crippen LogP contribution in [0.3, 0.4) is 0 Å². The molecule has 3 heteroatoms. The van der Waals surface area contributed by atoms with E-state index in [9.17, 15) is 4.11 Å². The summed E-state index contributed by atoms with van der Waals surface area (Å²) in [6.07, 6.45) is 5.00. The molecule has 1 heterocycles. The van der Waals surface area contributed by atoms with Crippen molar-refractivity contribution in [2.45, 2.75) is 46.2 Å². The van der Waals surface area contributed by atoms with Gasteiger partial charge in [-0.25, -0.2) is 0 Å². The first kappa shape index (κ1) is 12.5. The van der Waals surface area contributed by atoms with Crippen molar-refractivity contribution in [1.82, 2.24) is 0 Å². The van der Waals surface area contributed by atoms with Crippen LogP contribution in [0.4, 0.5) is 4.11 Å². The van der Waals surface area contributed by atoms with Crippen LogP contribution in [-0.2, 0) is 0 Å². The number of hydrogen-bond donors (Lipinski definition) is 0. The van der Waals surface area contributed by atoms with Crippen molar-refractivity contribution in [3.8, 4) is 0 Å². The standard InChI is InChI=1S/C11H24FPSi/c1-5-13(6-2)9-8-10-14(12,7-3)11(13)4/h5-10H2,1-4H3. The fourth-order valence-electron chi connectivity index (χ4n) is 2.88. The van der Waals surface area contributed by atoms with E-state index in [0.29, 0.717) is 0 Å². The van der Waals surface area contributed by atoms with Crippen molar-refractivity contribution >= 4 is 20.2 Å². The Morgan fingerprint density at radius 1 is 1.29 bits per heavy atom. The van der Waals surface area contributed by atoms with E-state index in [0.717, 1.165) is 12.1 Å². The first-order chi connectivity index (χ1) is 6.54. The monoisotopic (exact) mass is 234 g/mol. The van der Waals surface area contributed by atoms with Crippen LogP contribution < -0.4 is 0 Å². The van der Waals surface area contributed by atoms with E-state index in [1.165, 1.54) is 29.8 Å². The summed E-state index contributed by atoms with van der Waals surface area (Å²) < 4.78 is 14.7. The molecule has 0 aromatic carbocycles. The lowest BCUT2D eigenvalue weighted by Gasteiger charge is -2.38. The maximum atomic E-state index is 14.7. The van der Waals surface area contributed by atoms with Crippen LogP contribution in [0.2, 0.25) is 12.1 Å². The summed E-state index contributed by atoms with van der Waals surface area (Å²) >= 11 is 0. The molecular weight excluding hydrogens is 210 g/mol. The van der Waals surface area contributed by atoms with Crippen molar-refractivity contribution in [3.63, 3.8) is 0 Å². The van der Waals surface area contributed by atoms with Gasteiger partial charge in [0.2, 0.25) is 0 Å². The zero-order valence-corrected chi connectivity index (χ0v) is 12.0. The van der Waals surface area contributed by atoms with Gasteiger partial charge in [0.25, 0.3) is 8.41 Å². The van der Waals surface area contributed by atoms with Crippen molar-refractivity contribution in [2.24, 2.45) is 0 Å². The average Bonchev–Trinajstić information content (AvgIpc) is 2.23. The van der Waals surface area contributed by atoms with Gasteiger partial charge in [-0.05, 0) is 43.9 Å². The zero-order valence-electron chi connectivity index (χ0n) is 10.1. The first-order valence-electron chi connectivity index (χ1n) is 5.94. The summed E-state index contributed by atoms with van der Waals surface area (Å²) in [5.41, 5.74) is 0. The van der Waals surface area contributed by atoms with E-state index in [1.54, 1.807) is 0 Å². The lowest BCUT2D eigenvalue weighted by Crippen LogP contribution is -2.41. The van der Waals surface area contributed by atoms with Gasteiger partial charge in [0.15, 0.2) is 0 Å². The van der Waals surface area contributed by atoms with E-state index in [1.807, 2.05) is 0 Å². The van der Waals surface area contributed by atoms with Gasteiger partial charge in [0.1, 0.15) is 0 Å². The van der Waals surface area contributed by atoms with Gasteiger partial charge in [-0.15, -0.1) is 6.89 Å². The van der Waals surface area contributed by atoms with Gasteiger partial charge in [0, 0.05) is 0 Å². The SMILES string of the molecule is CC[Si]1(F)CCCP(CC)(CC)=C1C. The second kappa shape index (κ2) is 4.53. The molecule has 0 saturated heterocycles. The largest absolute Gasteiger partial charge is 0.308 e. The second-order valence-electron chi connectivity index (χ2n) is 4.51. The molecule has 0 bridgehead atoms. The highest BCUT2D eigenvalue weighted by molar-refractivity contribution is 7.80. The summed E-state index contributed by atoms with van der Waals surface area (Å²) in [5, 5.41) is 0. The molecule has 0 amide bonds. The molecule has 14 heavy (non-hydrogen) atoms. The van der Waals surface area contributed by atoms with E-state index >= 15 is 0 Å². The molecule has 1 atom stereocenters. The van der Waals surface area contributed by atoms with Crippen molar-refractivity contribution in [2.75, 3.05) is 18.5 Å². The maximum Gasteiger partial charge on any atom is 0.273 e. The van der Waals surface area contributed by atoms with Crippen molar-refractivity contribution < 1.29 is 4.11 Å². The van der Waals surface area contributed by atoms with Gasteiger partial charge in [-0.1, -0.05) is 25.7 Å². The quantitative estimate of drug-likeness (QED) is 0.391. The highest BCUT2D eigenvalue weighted by Crippen LogP contribution is 2.55. The third-order valence-electron chi connectivity index (χ3n) is 4.29. The molecule has 0 saturated carbocycles. The Kier molecular flexibility index (Phi) is 4.05. The Labute approximate surface area is 89.4 Å². The molecule has 0 radical (unpaired) electrons. The van der Waals surface area contributed by atoms with Crippen molar-refractivity contribution in [3.05, 3.63) is 0 Å². The second-order valence-corrected chi connectivity index (χ2v) is 13.5. The van der Waals surface area contributed by atoms with Crippen LogP contribution in [0, 0.1) is 0 Å². The molecule has 84 valence electrons. The fourth-order valence-corrected chi connectivity index (χ4v) is 13.8. The molecule has 1 aliphatic heterocycles. The number of rotatable bonds is 3. The predicted molar refractivity (Wildman–Crippen MR) is 70.3 cm³/mol. The molecule has 0 aromatic rings. The van der Waals surface area contributed by atoms with Crippen LogP contribution >= 0.6 is 6.89 Å². The third kappa shape index (κ3) is 1.88. The van der Waals surface area contributed by atoms with Crippen molar-refractivity contribution in [1.29, 1.82) is 0 Å². The number of hydrogen-bond acceptors (Lipinski definition) is 0. The highest BCUT2D eigenvalue weighted by Gasteiger charge is 2.41. The molecule has 0 fully saturated rings. The molecule has 1 rings (SSSR count). The topological polar surface area (TPSA) is 0 Å². The van der Waals surface area contributed by atoms with Gasteiger partial charge < -0.3 is 4.11 Å². The Morgan fingerprint density at radius 2 is 1.86 bits per heavy atom. The molecule has 0 N–H and O–H groups in total. The molecule has 0 spiro atoms. The molecule has 0 aromatic heterocycles. The fraction of sp³-hybridized carbons (Fsp3) is 0.909. The number of halogens is 1. The Bertz CT molecular complexity index is 254. The summed E-state index contributed by atoms with van der Waals surface area (Å²) in [7, 11) is -2.43. The smallest absolute Gasteiger partial charge is 0.273 e. The summed E-state index contributed by atoms with van der Waals surface area (Å²) in [6.45, 7) is 7.79. The first-order valence-corrected chi connectivity index (χ1v) is 10.6. The van der Waals surface area contributed by atoms with Crippen LogP contribution in [0.25, 0.3) is 0 Å². The molecular formula is C11H24FPSi. The lowest BCUT2D eigenvalue weighted by atomic mass is 10.6. The Balaban J connectivity index is 3.19. The van der Waals surface area contributed by atoms with Gasteiger partial charge in [0.05, 0.1) is 0 Å². The highest BCUT2D eigenvalue weighted by atomic mass is 31.2. The predicted octanol–water partition coefficient (Wildman–Crippen LogP) is 4.11. The van der Waals surface area contributed by atoms with E-state index in [2.05, 4.69) is 27.7 Å². The molecule has 1 aliphatic rings. The summed E-state index contributed by atoms with van der Waals surface area (Å²) in [6, 6.07) is 1.73. The average molecular weight is 234 g/mol. The van der Waals surface area contributed by atoms with Crippen LogP contribution in [0.15, 0.2) is 0 Å². The van der Waals surface area contributed by atoms with Crippen LogP contribution in [0.5, 0.6) is 0 Å². The summed E-state index contributed by atoms with van der Waals surface area (Å²) in [4.78, 5) is 1.38. The summed E-state index contributed by atoms with van der Waals surface area (Å²) in [5.74, 6) is 0. The zero-order chi connectivity index (χ0) is 10.8. The van der Waals surface area contributed by atoms with E-state index in [4.69, 9.17) is 0 Å². The maximum absolute atomic E-state index is 14.7. The Morgan fingerprint density at radius 3 is 2.29 bits per heavy atom. The van der Waals surface area contributed by atoms with E-state index in [-0.39, 0.29) is 0 Å². The minimum absolute atomic E-state index is 0.820. The minimum Gasteiger partial charge on any atom is -0.308 e. The van der Waals surface area contributed by atoms with Gasteiger partial charge in [-0.3, -0.25) is 0 Å². The molecule has 0 aliphatic carbocycles. The third-order valence-corrected chi connectivity index (χ3v) is 15.5. The molecule has 1 unspecified atom stereocenters. The normalized spacial score (nSPS) is 31.9. The Hall–Kier alpha value is 0.447. The van der Waals surface area contributed by atoms with E-state index < -0.39 is 15.3 Å². The van der Waals surface area contributed by atoms with Gasteiger partial charge in [-0.2, -0.15) is 0 Å². The lowest BCUT2D eigenvalue weighted by molar-refractivity contribution is 0.773. The minimum atomic E-state index is -2.43. The van der Waals surface area contributed by atoms with Gasteiger partial charge >= 0.3 is 0 Å². The van der Waals surface area contributed by atoms with Crippen LogP contribution in [0.1, 0.15) is 34.1 Å².